The number of nitrogens with zero attached hydrogens (tertiary/aromatic N) is 1. The lowest BCUT2D eigenvalue weighted by molar-refractivity contribution is -0.122. The second kappa shape index (κ2) is 12.1. The Morgan fingerprint density at radius 1 is 0.953 bits per heavy atom. The van der Waals surface area contributed by atoms with Gasteiger partial charge < -0.3 is 19.8 Å². The zero-order valence-electron chi connectivity index (χ0n) is 22.5. The topological polar surface area (TPSA) is 118 Å². The molecule has 43 heavy (non-hydrogen) atoms. The van der Waals surface area contributed by atoms with Gasteiger partial charge in [-0.2, -0.15) is 0 Å². The molecule has 3 unspecified atom stereocenters. The minimum absolute atomic E-state index is 0.264. The lowest BCUT2D eigenvalue weighted by atomic mass is 9.83. The second-order valence-electron chi connectivity index (χ2n) is 9.70. The Bertz CT molecular complexity index is 1790. The van der Waals surface area contributed by atoms with Crippen LogP contribution in [-0.4, -0.2) is 41.2 Å². The number of imide groups is 1. The number of nitrogens with one attached hydrogen (secondary N) is 2. The van der Waals surface area contributed by atoms with Crippen molar-refractivity contribution in [2.45, 2.75) is 23.1 Å². The molecule has 3 atom stereocenters. The fraction of sp³-hybridized carbons (Fsp3) is 0.200. The molecule has 0 aliphatic carbocycles. The van der Waals surface area contributed by atoms with E-state index in [4.69, 9.17) is 32.7 Å². The molecule has 3 heterocycles. The molecule has 1 aromatic heterocycles. The minimum atomic E-state index is -0.741. The third kappa shape index (κ3) is 5.65. The van der Waals surface area contributed by atoms with Crippen molar-refractivity contribution < 1.29 is 23.9 Å². The summed E-state index contributed by atoms with van der Waals surface area (Å²) in [6, 6.07) is 18.7. The number of hydrogen-bond acceptors (Lipinski definition) is 8. The normalized spacial score (nSPS) is 19.1. The summed E-state index contributed by atoms with van der Waals surface area (Å²) in [6.45, 7) is 1.81. The molecule has 2 N–H and O–H groups in total. The monoisotopic (exact) mass is 655 g/mol. The third-order valence-corrected chi connectivity index (χ3v) is 10.2. The average Bonchev–Trinajstić information content (AvgIpc) is 3.48. The van der Waals surface area contributed by atoms with E-state index in [2.05, 4.69) is 10.3 Å². The number of anilines is 2. The first-order valence-electron chi connectivity index (χ1n) is 13.2. The molecule has 220 valence electrons. The molecular formula is C30H23Cl2N3O6S2. The first-order chi connectivity index (χ1) is 20.7. The van der Waals surface area contributed by atoms with Crippen molar-refractivity contribution in [3.05, 3.63) is 96.9 Å². The van der Waals surface area contributed by atoms with Crippen molar-refractivity contribution in [3.8, 4) is 11.5 Å². The number of amides is 3. The van der Waals surface area contributed by atoms with Gasteiger partial charge in [-0.15, -0.1) is 0 Å². The van der Waals surface area contributed by atoms with Gasteiger partial charge >= 0.3 is 4.87 Å². The minimum Gasteiger partial charge on any atom is -0.490 e. The summed E-state index contributed by atoms with van der Waals surface area (Å²) in [5.74, 6) is -1.72. The Kier molecular flexibility index (Phi) is 8.23. The molecule has 3 amide bonds. The van der Waals surface area contributed by atoms with E-state index in [1.165, 1.54) is 22.7 Å². The highest BCUT2D eigenvalue weighted by molar-refractivity contribution is 8.00. The van der Waals surface area contributed by atoms with Crippen LogP contribution in [0.1, 0.15) is 23.3 Å². The number of thiazole rings is 1. The molecule has 4 aromatic rings. The van der Waals surface area contributed by atoms with E-state index >= 15 is 0 Å². The number of carbonyl (C=O) groups is 3. The molecule has 1 fully saturated rings. The van der Waals surface area contributed by atoms with Gasteiger partial charge in [0.15, 0.2) is 18.1 Å². The molecular weight excluding hydrogens is 633 g/mol. The van der Waals surface area contributed by atoms with E-state index < -0.39 is 23.0 Å². The number of H-pyrrole nitrogens is 1. The number of ether oxygens (including phenoxy) is 2. The van der Waals surface area contributed by atoms with Crippen LogP contribution in [0.2, 0.25) is 10.0 Å². The number of rotatable bonds is 8. The highest BCUT2D eigenvalue weighted by atomic mass is 35.5. The van der Waals surface area contributed by atoms with Gasteiger partial charge in [-0.05, 0) is 55.0 Å². The van der Waals surface area contributed by atoms with Crippen LogP contribution < -0.4 is 24.6 Å². The molecule has 0 radical (unpaired) electrons. The van der Waals surface area contributed by atoms with Gasteiger partial charge in [0.1, 0.15) is 5.25 Å². The number of aromatic nitrogens is 1. The van der Waals surface area contributed by atoms with Gasteiger partial charge in [0.2, 0.25) is 11.8 Å². The molecule has 0 saturated carbocycles. The third-order valence-electron chi connectivity index (χ3n) is 7.03. The summed E-state index contributed by atoms with van der Waals surface area (Å²) in [5.41, 5.74) is 1.65. The predicted molar refractivity (Wildman–Crippen MR) is 167 cm³/mol. The number of hydrogen-bond donors (Lipinski definition) is 2. The number of fused-ring (bicyclic) bond motifs is 2. The molecule has 1 saturated heterocycles. The molecule has 2 aliphatic heterocycles. The fourth-order valence-corrected chi connectivity index (χ4v) is 8.04. The van der Waals surface area contributed by atoms with Crippen LogP contribution in [0, 0.1) is 5.92 Å². The molecule has 0 bridgehead atoms. The molecule has 6 rings (SSSR count). The van der Waals surface area contributed by atoms with Crippen LogP contribution in [0.25, 0.3) is 0 Å². The van der Waals surface area contributed by atoms with Gasteiger partial charge in [-0.1, -0.05) is 70.6 Å². The number of halogens is 2. The smallest absolute Gasteiger partial charge is 0.305 e. The number of carbonyl (C=O) groups excluding carboxylic acids is 3. The summed E-state index contributed by atoms with van der Waals surface area (Å²) in [5, 5.41) is 3.25. The molecule has 3 aromatic carbocycles. The van der Waals surface area contributed by atoms with E-state index in [0.717, 1.165) is 11.3 Å². The molecule has 9 nitrogen and oxygen atoms in total. The standard InChI is InChI=1S/C30H23Cl2N3O6S2/c1-2-40-21-12-15(8-11-20(21)41-14-22(36)33-16-9-10-18(31)19(32)13-16)23-24-26(42-27-25(23)43-30(39)34-27)29(38)35(28(24)37)17-6-4-3-5-7-17/h3-13,23-24,26H,2,14H2,1H3,(H,33,36)(H,34,39). The van der Waals surface area contributed by atoms with Crippen molar-refractivity contribution in [3.63, 3.8) is 0 Å². The van der Waals surface area contributed by atoms with Crippen LogP contribution in [0.5, 0.6) is 11.5 Å². The van der Waals surface area contributed by atoms with E-state index in [-0.39, 0.29) is 23.3 Å². The van der Waals surface area contributed by atoms with Gasteiger partial charge in [0.25, 0.3) is 5.91 Å². The first kappa shape index (κ1) is 29.3. The lowest BCUT2D eigenvalue weighted by Crippen LogP contribution is -2.32. The number of thioether (sulfide) groups is 1. The Labute approximate surface area is 264 Å². The Balaban J connectivity index is 1.30. The molecule has 2 aliphatic rings. The van der Waals surface area contributed by atoms with E-state index in [1.54, 1.807) is 54.6 Å². The quantitative estimate of drug-likeness (QED) is 0.225. The maximum absolute atomic E-state index is 13.9. The zero-order valence-corrected chi connectivity index (χ0v) is 25.6. The lowest BCUT2D eigenvalue weighted by Gasteiger charge is -2.30. The summed E-state index contributed by atoms with van der Waals surface area (Å²) in [7, 11) is 0. The van der Waals surface area contributed by atoms with E-state index in [1.807, 2.05) is 13.0 Å². The summed E-state index contributed by atoms with van der Waals surface area (Å²) in [4.78, 5) is 57.0. The van der Waals surface area contributed by atoms with Crippen LogP contribution in [0.4, 0.5) is 11.4 Å². The van der Waals surface area contributed by atoms with E-state index in [9.17, 15) is 19.2 Å². The Morgan fingerprint density at radius 2 is 1.74 bits per heavy atom. The Hall–Kier alpha value is -3.77. The maximum atomic E-state index is 13.9. The first-order valence-corrected chi connectivity index (χ1v) is 15.7. The van der Waals surface area contributed by atoms with Gasteiger partial charge in [0, 0.05) is 16.5 Å². The average molecular weight is 657 g/mol. The van der Waals surface area contributed by atoms with Crippen molar-refractivity contribution in [1.29, 1.82) is 0 Å². The highest BCUT2D eigenvalue weighted by Gasteiger charge is 2.56. The highest BCUT2D eigenvalue weighted by Crippen LogP contribution is 2.53. The van der Waals surface area contributed by atoms with Gasteiger partial charge in [-0.3, -0.25) is 19.2 Å². The van der Waals surface area contributed by atoms with Crippen molar-refractivity contribution >= 4 is 75.4 Å². The van der Waals surface area contributed by atoms with Crippen LogP contribution >= 0.6 is 46.3 Å². The largest absolute Gasteiger partial charge is 0.490 e. The predicted octanol–water partition coefficient (Wildman–Crippen LogP) is 5.96. The fourth-order valence-electron chi connectivity index (χ4n) is 5.23. The summed E-state index contributed by atoms with van der Waals surface area (Å²) >= 11 is 14.2. The van der Waals surface area contributed by atoms with Gasteiger partial charge in [0.05, 0.1) is 33.3 Å². The van der Waals surface area contributed by atoms with Crippen molar-refractivity contribution in [1.82, 2.24) is 4.98 Å². The zero-order chi connectivity index (χ0) is 30.2. The maximum Gasteiger partial charge on any atom is 0.305 e. The Morgan fingerprint density at radius 3 is 2.49 bits per heavy atom. The van der Waals surface area contributed by atoms with Crippen molar-refractivity contribution in [2.24, 2.45) is 5.92 Å². The second-order valence-corrected chi connectivity index (χ2v) is 12.7. The number of para-hydroxylation sites is 1. The summed E-state index contributed by atoms with van der Waals surface area (Å²) in [6.07, 6.45) is 0. The van der Waals surface area contributed by atoms with E-state index in [0.29, 0.717) is 55.0 Å². The molecule has 13 heteroatoms. The van der Waals surface area contributed by atoms with Crippen LogP contribution in [0.15, 0.2) is 76.6 Å². The van der Waals surface area contributed by atoms with Crippen LogP contribution in [0.3, 0.4) is 0 Å². The number of benzene rings is 3. The van der Waals surface area contributed by atoms with Crippen molar-refractivity contribution in [2.75, 3.05) is 23.4 Å². The molecule has 0 spiro atoms. The SMILES string of the molecule is CCOc1cc(C2c3sc(=O)[nH]c3SC3C(=O)N(c4ccccc4)C(=O)C32)ccc1OCC(=O)Nc1ccc(Cl)c(Cl)c1. The summed E-state index contributed by atoms with van der Waals surface area (Å²) < 4.78 is 11.7. The van der Waals surface area contributed by atoms with Gasteiger partial charge in [-0.25, -0.2) is 4.90 Å². The van der Waals surface area contributed by atoms with Crippen LogP contribution in [-0.2, 0) is 14.4 Å². The number of aromatic amines is 1.